The molecule has 1 heterocycles. The van der Waals surface area contributed by atoms with E-state index in [9.17, 15) is 0 Å². The van der Waals surface area contributed by atoms with Crippen LogP contribution in [0.2, 0.25) is 0 Å². The van der Waals surface area contributed by atoms with Gasteiger partial charge < -0.3 is 19.9 Å². The van der Waals surface area contributed by atoms with Crippen molar-refractivity contribution in [2.75, 3.05) is 33.5 Å². The first kappa shape index (κ1) is 13.9. The van der Waals surface area contributed by atoms with E-state index in [1.807, 2.05) is 26.1 Å². The summed E-state index contributed by atoms with van der Waals surface area (Å²) in [6.07, 6.45) is 0. The Kier molecular flexibility index (Phi) is 6.54. The molecule has 0 aliphatic heterocycles. The van der Waals surface area contributed by atoms with E-state index in [-0.39, 0.29) is 6.61 Å². The average Bonchev–Trinajstić information content (AvgIpc) is 2.32. The van der Waals surface area contributed by atoms with Crippen molar-refractivity contribution in [1.82, 2.24) is 10.3 Å². The van der Waals surface area contributed by atoms with Crippen molar-refractivity contribution < 1.29 is 14.6 Å². The topological polar surface area (TPSA) is 63.6 Å². The van der Waals surface area contributed by atoms with Crippen LogP contribution in [-0.4, -0.2) is 43.6 Å². The van der Waals surface area contributed by atoms with E-state index in [4.69, 9.17) is 14.6 Å². The predicted molar refractivity (Wildman–Crippen MR) is 65.1 cm³/mol. The van der Waals surface area contributed by atoms with Gasteiger partial charge in [0.25, 0.3) is 0 Å². The zero-order valence-electron chi connectivity index (χ0n) is 10.4. The van der Waals surface area contributed by atoms with Crippen LogP contribution in [0.4, 0.5) is 0 Å². The highest BCUT2D eigenvalue weighted by Crippen LogP contribution is 2.16. The van der Waals surface area contributed by atoms with Gasteiger partial charge in [0.05, 0.1) is 25.5 Å². The fraction of sp³-hybridized carbons (Fsp3) is 0.583. The van der Waals surface area contributed by atoms with Crippen LogP contribution in [0.1, 0.15) is 11.4 Å². The van der Waals surface area contributed by atoms with Crippen LogP contribution in [0.15, 0.2) is 12.1 Å². The summed E-state index contributed by atoms with van der Waals surface area (Å²) >= 11 is 0. The highest BCUT2D eigenvalue weighted by atomic mass is 16.5. The van der Waals surface area contributed by atoms with Gasteiger partial charge >= 0.3 is 0 Å². The zero-order chi connectivity index (χ0) is 12.5. The highest BCUT2D eigenvalue weighted by Gasteiger charge is 2.04. The molecule has 0 saturated heterocycles. The van der Waals surface area contributed by atoms with Crippen molar-refractivity contribution in [2.45, 2.75) is 13.5 Å². The van der Waals surface area contributed by atoms with Crippen LogP contribution in [-0.2, 0) is 11.3 Å². The van der Waals surface area contributed by atoms with Crippen molar-refractivity contribution in [2.24, 2.45) is 0 Å². The lowest BCUT2D eigenvalue weighted by molar-refractivity contribution is 0.0702. The van der Waals surface area contributed by atoms with Gasteiger partial charge in [-0.25, -0.2) is 0 Å². The molecule has 0 aliphatic carbocycles. The molecule has 0 aromatic carbocycles. The number of hydrogen-bond donors (Lipinski definition) is 2. The second-order valence-electron chi connectivity index (χ2n) is 3.61. The smallest absolute Gasteiger partial charge is 0.142 e. The third-order valence-corrected chi connectivity index (χ3v) is 2.14. The Hall–Kier alpha value is -1.17. The molecular formula is C12H20N2O3. The third-order valence-electron chi connectivity index (χ3n) is 2.14. The largest absolute Gasteiger partial charge is 0.489 e. The maximum Gasteiger partial charge on any atom is 0.142 e. The summed E-state index contributed by atoms with van der Waals surface area (Å²) in [4.78, 5) is 4.41. The molecule has 0 bridgehead atoms. The van der Waals surface area contributed by atoms with E-state index in [2.05, 4.69) is 10.3 Å². The molecule has 0 radical (unpaired) electrons. The Morgan fingerprint density at radius 2 is 2.12 bits per heavy atom. The number of aliphatic hydroxyl groups excluding tert-OH is 1. The van der Waals surface area contributed by atoms with Crippen LogP contribution in [0.25, 0.3) is 0 Å². The number of ether oxygens (including phenoxy) is 2. The zero-order valence-corrected chi connectivity index (χ0v) is 10.4. The van der Waals surface area contributed by atoms with Crippen molar-refractivity contribution in [1.29, 1.82) is 0 Å². The first-order valence-corrected chi connectivity index (χ1v) is 5.70. The number of aryl methyl sites for hydroxylation is 1. The lowest BCUT2D eigenvalue weighted by atomic mass is 10.3. The van der Waals surface area contributed by atoms with Crippen LogP contribution in [0.5, 0.6) is 5.75 Å². The fourth-order valence-electron chi connectivity index (χ4n) is 1.40. The molecule has 0 spiro atoms. The predicted octanol–water partition coefficient (Wildman–Crippen LogP) is 0.497. The summed E-state index contributed by atoms with van der Waals surface area (Å²) in [6, 6.07) is 3.84. The molecule has 5 nitrogen and oxygen atoms in total. The minimum atomic E-state index is 0.0388. The van der Waals surface area contributed by atoms with Gasteiger partial charge in [-0.3, -0.25) is 4.98 Å². The Morgan fingerprint density at radius 1 is 1.29 bits per heavy atom. The minimum Gasteiger partial charge on any atom is -0.489 e. The van der Waals surface area contributed by atoms with Crippen molar-refractivity contribution in [3.05, 3.63) is 23.5 Å². The summed E-state index contributed by atoms with van der Waals surface area (Å²) in [5, 5.41) is 11.6. The molecule has 2 N–H and O–H groups in total. The number of rotatable bonds is 8. The standard InChI is InChI=1S/C12H20N2O3/c1-10-3-4-12(11(14-10)9-13-2)17-8-7-16-6-5-15/h3-4,13,15H,5-9H2,1-2H3. The molecule has 17 heavy (non-hydrogen) atoms. The maximum atomic E-state index is 8.54. The van der Waals surface area contributed by atoms with Crippen LogP contribution >= 0.6 is 0 Å². The Labute approximate surface area is 102 Å². The Balaban J connectivity index is 2.45. The van der Waals surface area contributed by atoms with Gasteiger partial charge in [0, 0.05) is 12.2 Å². The lowest BCUT2D eigenvalue weighted by Gasteiger charge is -2.11. The van der Waals surface area contributed by atoms with E-state index >= 15 is 0 Å². The molecule has 0 fully saturated rings. The molecule has 1 rings (SSSR count). The molecule has 0 aliphatic rings. The molecule has 5 heteroatoms. The van der Waals surface area contributed by atoms with Crippen LogP contribution < -0.4 is 10.1 Å². The fourth-order valence-corrected chi connectivity index (χ4v) is 1.40. The number of aromatic nitrogens is 1. The summed E-state index contributed by atoms with van der Waals surface area (Å²) in [7, 11) is 1.87. The van der Waals surface area contributed by atoms with E-state index in [0.29, 0.717) is 26.4 Å². The van der Waals surface area contributed by atoms with Crippen molar-refractivity contribution >= 4 is 0 Å². The number of aliphatic hydroxyl groups is 1. The third kappa shape index (κ3) is 5.12. The SMILES string of the molecule is CNCc1nc(C)ccc1OCCOCCO. The second-order valence-corrected chi connectivity index (χ2v) is 3.61. The molecule has 1 aromatic rings. The molecule has 0 atom stereocenters. The van der Waals surface area contributed by atoms with Gasteiger partial charge in [0.1, 0.15) is 12.4 Å². The number of pyridine rings is 1. The summed E-state index contributed by atoms with van der Waals surface area (Å²) in [5.74, 6) is 0.776. The lowest BCUT2D eigenvalue weighted by Crippen LogP contribution is -2.13. The Morgan fingerprint density at radius 3 is 2.82 bits per heavy atom. The second kappa shape index (κ2) is 8.00. The van der Waals surface area contributed by atoms with Crippen molar-refractivity contribution in [3.8, 4) is 5.75 Å². The summed E-state index contributed by atoms with van der Waals surface area (Å²) < 4.78 is 10.7. The number of nitrogens with one attached hydrogen (secondary N) is 1. The Bertz CT molecular complexity index is 332. The van der Waals surface area contributed by atoms with Gasteiger partial charge in [0.15, 0.2) is 0 Å². The molecule has 0 amide bonds. The van der Waals surface area contributed by atoms with Gasteiger partial charge in [0.2, 0.25) is 0 Å². The van der Waals surface area contributed by atoms with Gasteiger partial charge in [-0.05, 0) is 26.1 Å². The van der Waals surface area contributed by atoms with E-state index in [1.165, 1.54) is 0 Å². The monoisotopic (exact) mass is 240 g/mol. The summed E-state index contributed by atoms with van der Waals surface area (Å²) in [5.41, 5.74) is 1.87. The van der Waals surface area contributed by atoms with Gasteiger partial charge in [-0.2, -0.15) is 0 Å². The van der Waals surface area contributed by atoms with E-state index in [0.717, 1.165) is 17.1 Å². The normalized spacial score (nSPS) is 10.5. The van der Waals surface area contributed by atoms with Crippen LogP contribution in [0.3, 0.4) is 0 Å². The van der Waals surface area contributed by atoms with E-state index in [1.54, 1.807) is 0 Å². The highest BCUT2D eigenvalue weighted by molar-refractivity contribution is 5.29. The quantitative estimate of drug-likeness (QED) is 0.648. The number of nitrogens with zero attached hydrogens (tertiary/aromatic N) is 1. The molecule has 0 unspecified atom stereocenters. The molecular weight excluding hydrogens is 220 g/mol. The van der Waals surface area contributed by atoms with Gasteiger partial charge in [-0.1, -0.05) is 0 Å². The van der Waals surface area contributed by atoms with Crippen LogP contribution in [0, 0.1) is 6.92 Å². The molecule has 1 aromatic heterocycles. The number of hydrogen-bond acceptors (Lipinski definition) is 5. The minimum absolute atomic E-state index is 0.0388. The van der Waals surface area contributed by atoms with Crippen molar-refractivity contribution in [3.63, 3.8) is 0 Å². The first-order chi connectivity index (χ1) is 8.27. The van der Waals surface area contributed by atoms with Gasteiger partial charge in [-0.15, -0.1) is 0 Å². The molecule has 0 saturated carbocycles. The summed E-state index contributed by atoms with van der Waals surface area (Å²) in [6.45, 7) is 3.94. The molecule has 96 valence electrons. The average molecular weight is 240 g/mol. The first-order valence-electron chi connectivity index (χ1n) is 5.70. The van der Waals surface area contributed by atoms with E-state index < -0.39 is 0 Å². The maximum absolute atomic E-state index is 8.54.